The summed E-state index contributed by atoms with van der Waals surface area (Å²) in [5.41, 5.74) is 3.30. The molecule has 1 saturated heterocycles. The molecular weight excluding hydrogens is 472 g/mol. The molecule has 11 heteroatoms. The Labute approximate surface area is 215 Å². The fraction of sp³-hybridized carbons (Fsp3) is 0.500. The average Bonchev–Trinajstić information content (AvgIpc) is 3.42. The van der Waals surface area contributed by atoms with Crippen LogP contribution >= 0.6 is 0 Å². The van der Waals surface area contributed by atoms with Crippen molar-refractivity contribution in [1.29, 1.82) is 0 Å². The maximum absolute atomic E-state index is 12.2. The number of amides is 2. The number of nitrogens with zero attached hydrogens (tertiary/aromatic N) is 4. The highest BCUT2D eigenvalue weighted by molar-refractivity contribution is 6.34. The Balaban J connectivity index is 1.31. The number of nitrogens with one attached hydrogen (secondary N) is 4. The molecule has 11 nitrogen and oxygen atoms in total. The minimum absolute atomic E-state index is 0.277. The molecular formula is C26H34N8O3. The molecule has 0 bridgehead atoms. The van der Waals surface area contributed by atoms with Gasteiger partial charge in [-0.15, -0.1) is 0 Å². The number of hydrogen-bond acceptors (Lipinski definition) is 8. The molecule has 1 aliphatic carbocycles. The van der Waals surface area contributed by atoms with Gasteiger partial charge in [0.15, 0.2) is 11.5 Å². The van der Waals surface area contributed by atoms with E-state index >= 15 is 0 Å². The van der Waals surface area contributed by atoms with Gasteiger partial charge in [-0.05, 0) is 49.3 Å². The molecule has 4 N–H and O–H groups in total. The lowest BCUT2D eigenvalue weighted by Crippen LogP contribution is -2.45. The van der Waals surface area contributed by atoms with Crippen molar-refractivity contribution in [3.05, 3.63) is 30.1 Å². The van der Waals surface area contributed by atoms with Crippen molar-refractivity contribution in [1.82, 2.24) is 30.2 Å². The number of imidazole rings is 1. The third kappa shape index (κ3) is 5.45. The molecule has 196 valence electrons. The molecule has 2 amide bonds. The number of fused-ring (bicyclic) bond motifs is 1. The number of aromatic nitrogens is 4. The van der Waals surface area contributed by atoms with Crippen molar-refractivity contribution in [2.45, 2.75) is 56.9 Å². The molecule has 0 radical (unpaired) electrons. The fourth-order valence-electron chi connectivity index (χ4n) is 5.29. The molecule has 0 atom stereocenters. The smallest absolute Gasteiger partial charge is 0.311 e. The van der Waals surface area contributed by atoms with E-state index in [9.17, 15) is 9.59 Å². The number of piperidine rings is 1. The van der Waals surface area contributed by atoms with Crippen molar-refractivity contribution in [2.24, 2.45) is 0 Å². The molecule has 1 saturated carbocycles. The fourth-order valence-corrected chi connectivity index (χ4v) is 5.29. The SMILES string of the molecule is CNC(=O)C(=O)N1CCC(c2ccc(Nc3nc(NC4CCCCC4)c4[nH]cnc4n3)c(OC)c2)CC1. The lowest BCUT2D eigenvalue weighted by Gasteiger charge is -2.32. The van der Waals surface area contributed by atoms with E-state index in [4.69, 9.17) is 9.72 Å². The summed E-state index contributed by atoms with van der Waals surface area (Å²) in [6, 6.07) is 6.47. The Morgan fingerprint density at radius 3 is 2.59 bits per heavy atom. The molecule has 37 heavy (non-hydrogen) atoms. The molecule has 0 spiro atoms. The van der Waals surface area contributed by atoms with Crippen LogP contribution in [0.5, 0.6) is 5.75 Å². The number of ether oxygens (including phenoxy) is 1. The first-order chi connectivity index (χ1) is 18.1. The number of anilines is 3. The van der Waals surface area contributed by atoms with Gasteiger partial charge >= 0.3 is 11.8 Å². The van der Waals surface area contributed by atoms with Crippen molar-refractivity contribution < 1.29 is 14.3 Å². The van der Waals surface area contributed by atoms with E-state index in [1.807, 2.05) is 12.1 Å². The quantitative estimate of drug-likeness (QED) is 0.374. The molecule has 0 unspecified atom stereocenters. The number of rotatable bonds is 6. The predicted octanol–water partition coefficient (Wildman–Crippen LogP) is 3.30. The molecule has 2 fully saturated rings. The van der Waals surface area contributed by atoms with Crippen LogP contribution in [0, 0.1) is 0 Å². The van der Waals surface area contributed by atoms with Gasteiger partial charge in [0.1, 0.15) is 11.3 Å². The van der Waals surface area contributed by atoms with Crippen LogP contribution in [0.25, 0.3) is 11.2 Å². The number of benzene rings is 1. The normalized spacial score (nSPS) is 17.0. The van der Waals surface area contributed by atoms with Crippen molar-refractivity contribution in [3.63, 3.8) is 0 Å². The van der Waals surface area contributed by atoms with Crippen molar-refractivity contribution >= 4 is 40.4 Å². The highest BCUT2D eigenvalue weighted by Gasteiger charge is 2.27. The summed E-state index contributed by atoms with van der Waals surface area (Å²) in [6.45, 7) is 1.10. The Bertz CT molecular complexity index is 1260. The van der Waals surface area contributed by atoms with Gasteiger partial charge in [-0.1, -0.05) is 25.3 Å². The molecule has 2 aromatic heterocycles. The van der Waals surface area contributed by atoms with Gasteiger partial charge in [0.25, 0.3) is 0 Å². The van der Waals surface area contributed by atoms with Crippen molar-refractivity contribution in [3.8, 4) is 5.75 Å². The molecule has 1 aliphatic heterocycles. The predicted molar refractivity (Wildman–Crippen MR) is 141 cm³/mol. The summed E-state index contributed by atoms with van der Waals surface area (Å²) in [5.74, 6) is 1.14. The standard InChI is InChI=1S/C26H34N8O3/c1-27-24(35)25(36)34-12-10-16(11-13-34)17-8-9-19(20(14-17)37-2)31-26-32-22-21(28-15-29-22)23(33-26)30-18-6-4-3-5-7-18/h8-9,14-16,18H,3-7,10-13H2,1-2H3,(H,27,35)(H3,28,29,30,31,32,33). The van der Waals surface area contributed by atoms with E-state index in [-0.39, 0.29) is 5.92 Å². The Hall–Kier alpha value is -3.89. The topological polar surface area (TPSA) is 137 Å². The third-order valence-electron chi connectivity index (χ3n) is 7.38. The first-order valence-electron chi connectivity index (χ1n) is 13.0. The molecule has 3 heterocycles. The molecule has 5 rings (SSSR count). The number of hydrogen-bond donors (Lipinski definition) is 4. The Morgan fingerprint density at radius 1 is 1.08 bits per heavy atom. The molecule has 2 aliphatic rings. The summed E-state index contributed by atoms with van der Waals surface area (Å²) < 4.78 is 5.71. The zero-order chi connectivity index (χ0) is 25.8. The van der Waals surface area contributed by atoms with Crippen LogP contribution in [-0.4, -0.2) is 69.9 Å². The average molecular weight is 507 g/mol. The number of likely N-dealkylation sites (tertiary alicyclic amines) is 1. The van der Waals surface area contributed by atoms with Gasteiger partial charge in [-0.2, -0.15) is 9.97 Å². The van der Waals surface area contributed by atoms with Gasteiger partial charge in [0.2, 0.25) is 5.95 Å². The van der Waals surface area contributed by atoms with Crippen LogP contribution in [0.1, 0.15) is 56.4 Å². The lowest BCUT2D eigenvalue weighted by atomic mass is 9.89. The van der Waals surface area contributed by atoms with Gasteiger partial charge in [-0.3, -0.25) is 9.59 Å². The Kier molecular flexibility index (Phi) is 7.38. The van der Waals surface area contributed by atoms with E-state index in [0.29, 0.717) is 36.5 Å². The summed E-state index contributed by atoms with van der Waals surface area (Å²) in [6.07, 6.45) is 9.23. The first-order valence-corrected chi connectivity index (χ1v) is 13.0. The van der Waals surface area contributed by atoms with Gasteiger partial charge in [-0.25, -0.2) is 4.98 Å². The third-order valence-corrected chi connectivity index (χ3v) is 7.38. The second kappa shape index (κ2) is 11.0. The van der Waals surface area contributed by atoms with E-state index in [2.05, 4.69) is 37.0 Å². The maximum atomic E-state index is 12.2. The van der Waals surface area contributed by atoms with E-state index < -0.39 is 11.8 Å². The molecule has 1 aromatic carbocycles. The van der Waals surface area contributed by atoms with E-state index in [0.717, 1.165) is 48.3 Å². The first kappa shape index (κ1) is 24.8. The highest BCUT2D eigenvalue weighted by Crippen LogP contribution is 2.35. The summed E-state index contributed by atoms with van der Waals surface area (Å²) in [5, 5.41) is 9.31. The summed E-state index contributed by atoms with van der Waals surface area (Å²) in [7, 11) is 3.11. The largest absolute Gasteiger partial charge is 0.495 e. The minimum atomic E-state index is -0.567. The van der Waals surface area contributed by atoms with Crippen LogP contribution in [0.3, 0.4) is 0 Å². The maximum Gasteiger partial charge on any atom is 0.311 e. The van der Waals surface area contributed by atoms with Gasteiger partial charge in [0.05, 0.1) is 19.1 Å². The molecule has 3 aromatic rings. The second-order valence-electron chi connectivity index (χ2n) is 9.71. The number of H-pyrrole nitrogens is 1. The van der Waals surface area contributed by atoms with Gasteiger partial charge < -0.3 is 30.6 Å². The van der Waals surface area contributed by atoms with Gasteiger partial charge in [0, 0.05) is 26.2 Å². The number of carbonyl (C=O) groups excluding carboxylic acids is 2. The van der Waals surface area contributed by atoms with Crippen LogP contribution in [0.4, 0.5) is 17.5 Å². The second-order valence-corrected chi connectivity index (χ2v) is 9.71. The van der Waals surface area contributed by atoms with E-state index in [1.54, 1.807) is 18.3 Å². The van der Waals surface area contributed by atoms with Crippen molar-refractivity contribution in [2.75, 3.05) is 37.9 Å². The van der Waals surface area contributed by atoms with Crippen LogP contribution in [0.15, 0.2) is 24.5 Å². The monoisotopic (exact) mass is 506 g/mol. The van der Waals surface area contributed by atoms with E-state index in [1.165, 1.54) is 26.3 Å². The minimum Gasteiger partial charge on any atom is -0.495 e. The zero-order valence-corrected chi connectivity index (χ0v) is 21.3. The zero-order valence-electron chi connectivity index (χ0n) is 21.3. The number of carbonyl (C=O) groups is 2. The highest BCUT2D eigenvalue weighted by atomic mass is 16.5. The number of likely N-dealkylation sites (N-methyl/N-ethyl adjacent to an activating group) is 1. The van der Waals surface area contributed by atoms with Crippen LogP contribution in [-0.2, 0) is 9.59 Å². The number of aromatic amines is 1. The summed E-state index contributed by atoms with van der Waals surface area (Å²) >= 11 is 0. The number of methoxy groups -OCH3 is 1. The summed E-state index contributed by atoms with van der Waals surface area (Å²) in [4.78, 5) is 42.3. The van der Waals surface area contributed by atoms with Crippen LogP contribution in [0.2, 0.25) is 0 Å². The van der Waals surface area contributed by atoms with Crippen LogP contribution < -0.4 is 20.7 Å². The lowest BCUT2D eigenvalue weighted by molar-refractivity contribution is -0.146. The Morgan fingerprint density at radius 2 is 1.86 bits per heavy atom.